The molecule has 164 valence electrons. The van der Waals surface area contributed by atoms with E-state index in [1.807, 2.05) is 12.3 Å². The summed E-state index contributed by atoms with van der Waals surface area (Å²) in [7, 11) is 3.93. The van der Waals surface area contributed by atoms with Crippen LogP contribution in [0.5, 0.6) is 5.75 Å². The molecule has 4 rings (SSSR count). The Morgan fingerprint density at radius 3 is 2.61 bits per heavy atom. The van der Waals surface area contributed by atoms with Crippen LogP contribution < -0.4 is 10.1 Å². The Kier molecular flexibility index (Phi) is 6.33. The maximum absolute atomic E-state index is 5.49. The number of nitrogens with one attached hydrogen (secondary N) is 2. The van der Waals surface area contributed by atoms with Crippen molar-refractivity contribution in [1.29, 1.82) is 0 Å². The Hall–Kier alpha value is -2.79. The van der Waals surface area contributed by atoms with Crippen molar-refractivity contribution in [3.63, 3.8) is 0 Å². The van der Waals surface area contributed by atoms with E-state index < -0.39 is 0 Å². The Morgan fingerprint density at radius 1 is 1.03 bits per heavy atom. The van der Waals surface area contributed by atoms with Crippen LogP contribution in [0.2, 0.25) is 0 Å². The van der Waals surface area contributed by atoms with E-state index in [-0.39, 0.29) is 0 Å². The summed E-state index contributed by atoms with van der Waals surface area (Å²) in [5, 5.41) is 8.55. The molecule has 5 nitrogen and oxygen atoms in total. The Bertz CT molecular complexity index is 1210. The number of benzene rings is 2. The van der Waals surface area contributed by atoms with E-state index in [2.05, 4.69) is 61.2 Å². The lowest BCUT2D eigenvalue weighted by Gasteiger charge is -2.17. The number of hydrogen-bond donors (Lipinski definition) is 2. The van der Waals surface area contributed by atoms with Crippen molar-refractivity contribution in [1.82, 2.24) is 14.9 Å². The number of fused-ring (bicyclic) bond motifs is 4. The van der Waals surface area contributed by atoms with Gasteiger partial charge in [0.2, 0.25) is 0 Å². The average Bonchev–Trinajstić information content (AvgIpc) is 3.17. The van der Waals surface area contributed by atoms with Crippen LogP contribution in [-0.4, -0.2) is 48.7 Å². The molecule has 0 spiro atoms. The highest BCUT2D eigenvalue weighted by Gasteiger charge is 2.17. The van der Waals surface area contributed by atoms with E-state index in [9.17, 15) is 0 Å². The normalized spacial score (nSPS) is 11.8. The minimum Gasteiger partial charge on any atom is -0.497 e. The summed E-state index contributed by atoms with van der Waals surface area (Å²) < 4.78 is 5.49. The minimum atomic E-state index is 0.877. The molecule has 0 bridgehead atoms. The van der Waals surface area contributed by atoms with Gasteiger partial charge in [0.05, 0.1) is 12.6 Å². The molecular weight excluding hydrogens is 384 g/mol. The molecule has 4 aromatic rings. The third-order valence-electron chi connectivity index (χ3n) is 6.39. The minimum absolute atomic E-state index is 0.877. The summed E-state index contributed by atoms with van der Waals surface area (Å²) in [6.45, 7) is 9.84. The van der Waals surface area contributed by atoms with Gasteiger partial charge in [-0.2, -0.15) is 0 Å². The number of unbranched alkanes of at least 4 members (excludes halogenated alkanes) is 1. The largest absolute Gasteiger partial charge is 0.497 e. The number of aromatic amines is 1. The highest BCUT2D eigenvalue weighted by atomic mass is 16.5. The molecule has 0 aliphatic carbocycles. The van der Waals surface area contributed by atoms with Gasteiger partial charge in [0.1, 0.15) is 11.6 Å². The molecule has 0 aliphatic heterocycles. The molecule has 5 heteroatoms. The molecule has 0 saturated heterocycles. The average molecular weight is 419 g/mol. The number of rotatable bonds is 9. The molecule has 2 aromatic heterocycles. The second-order valence-electron chi connectivity index (χ2n) is 8.56. The smallest absolute Gasteiger partial charge is 0.134 e. The van der Waals surface area contributed by atoms with Gasteiger partial charge in [-0.3, -0.25) is 0 Å². The summed E-state index contributed by atoms with van der Waals surface area (Å²) in [6.07, 6.45) is 5.53. The van der Waals surface area contributed by atoms with E-state index >= 15 is 0 Å². The van der Waals surface area contributed by atoms with Gasteiger partial charge in [0.25, 0.3) is 0 Å². The van der Waals surface area contributed by atoms with Crippen molar-refractivity contribution >= 4 is 38.4 Å². The van der Waals surface area contributed by atoms with E-state index in [1.54, 1.807) is 7.11 Å². The lowest BCUT2D eigenvalue weighted by atomic mass is 9.96. The molecule has 2 aromatic carbocycles. The second-order valence-corrected chi connectivity index (χ2v) is 8.56. The second kappa shape index (κ2) is 9.15. The zero-order valence-electron chi connectivity index (χ0n) is 19.4. The predicted octanol–water partition coefficient (Wildman–Crippen LogP) is 6.03. The number of ether oxygens (including phenoxy) is 1. The van der Waals surface area contributed by atoms with E-state index in [0.29, 0.717) is 0 Å². The maximum atomic E-state index is 5.49. The topological polar surface area (TPSA) is 53.2 Å². The first-order chi connectivity index (χ1) is 15.0. The Balaban J connectivity index is 1.70. The highest BCUT2D eigenvalue weighted by Crippen LogP contribution is 2.39. The van der Waals surface area contributed by atoms with Crippen LogP contribution in [0, 0.1) is 13.8 Å². The van der Waals surface area contributed by atoms with Crippen LogP contribution in [0.15, 0.2) is 30.5 Å². The van der Waals surface area contributed by atoms with Gasteiger partial charge >= 0.3 is 0 Å². The fourth-order valence-corrected chi connectivity index (χ4v) is 4.61. The van der Waals surface area contributed by atoms with Gasteiger partial charge in [-0.15, -0.1) is 0 Å². The number of nitrogens with zero attached hydrogens (tertiary/aromatic N) is 2. The summed E-state index contributed by atoms with van der Waals surface area (Å²) in [4.78, 5) is 10.8. The first kappa shape index (κ1) is 21.4. The molecule has 2 N–H and O–H groups in total. The van der Waals surface area contributed by atoms with Crippen molar-refractivity contribution in [2.75, 3.05) is 39.1 Å². The SMILES string of the molecule is CCCCN(C)CCCNc1nccc2c(C)c3[nH]c4ccc(OC)cc4c3c(C)c12. The van der Waals surface area contributed by atoms with Crippen molar-refractivity contribution in [2.45, 2.75) is 40.0 Å². The molecule has 0 unspecified atom stereocenters. The molecule has 0 aliphatic rings. The number of H-pyrrole nitrogens is 1. The van der Waals surface area contributed by atoms with Gasteiger partial charge < -0.3 is 19.9 Å². The van der Waals surface area contributed by atoms with Crippen LogP contribution >= 0.6 is 0 Å². The monoisotopic (exact) mass is 418 g/mol. The zero-order valence-corrected chi connectivity index (χ0v) is 19.4. The number of pyridine rings is 1. The highest BCUT2D eigenvalue weighted by molar-refractivity contribution is 6.18. The van der Waals surface area contributed by atoms with Gasteiger partial charge in [0, 0.05) is 34.4 Å². The fraction of sp³-hybridized carbons (Fsp3) is 0.423. The standard InChI is InChI=1S/C26H34N4O/c1-6-7-14-30(4)15-8-12-27-26-24-18(3)23-21-16-19(31-5)9-10-22(21)29-25(23)17(2)20(24)11-13-28-26/h9-11,13,16,29H,6-8,12,14-15H2,1-5H3,(H,27,28). The molecular formula is C26H34N4O. The molecule has 2 heterocycles. The first-order valence-electron chi connectivity index (χ1n) is 11.3. The number of methoxy groups -OCH3 is 1. The zero-order chi connectivity index (χ0) is 22.0. The third-order valence-corrected chi connectivity index (χ3v) is 6.39. The van der Waals surface area contributed by atoms with Crippen LogP contribution in [-0.2, 0) is 0 Å². The quantitative estimate of drug-likeness (QED) is 0.326. The first-order valence-corrected chi connectivity index (χ1v) is 11.3. The fourth-order valence-electron chi connectivity index (χ4n) is 4.61. The third kappa shape index (κ3) is 4.07. The Morgan fingerprint density at radius 2 is 1.84 bits per heavy atom. The summed E-state index contributed by atoms with van der Waals surface area (Å²) in [5.41, 5.74) is 4.85. The van der Waals surface area contributed by atoms with E-state index in [1.165, 1.54) is 57.6 Å². The predicted molar refractivity (Wildman–Crippen MR) is 133 cm³/mol. The van der Waals surface area contributed by atoms with Gasteiger partial charge in [-0.1, -0.05) is 13.3 Å². The summed E-state index contributed by atoms with van der Waals surface area (Å²) in [5.74, 6) is 1.86. The molecule has 0 amide bonds. The van der Waals surface area contributed by atoms with E-state index in [4.69, 9.17) is 9.72 Å². The number of hydrogen-bond acceptors (Lipinski definition) is 4. The lowest BCUT2D eigenvalue weighted by molar-refractivity contribution is 0.327. The van der Waals surface area contributed by atoms with Crippen molar-refractivity contribution < 1.29 is 4.74 Å². The van der Waals surface area contributed by atoms with Gasteiger partial charge in [-0.25, -0.2) is 4.98 Å². The molecule has 0 saturated carbocycles. The van der Waals surface area contributed by atoms with Crippen molar-refractivity contribution in [2.24, 2.45) is 0 Å². The lowest BCUT2D eigenvalue weighted by Crippen LogP contribution is -2.22. The summed E-state index contributed by atoms with van der Waals surface area (Å²) in [6, 6.07) is 8.37. The van der Waals surface area contributed by atoms with E-state index in [0.717, 1.165) is 36.6 Å². The van der Waals surface area contributed by atoms with Crippen molar-refractivity contribution in [3.05, 3.63) is 41.6 Å². The van der Waals surface area contributed by atoms with Crippen LogP contribution in [0.25, 0.3) is 32.6 Å². The van der Waals surface area contributed by atoms with Crippen LogP contribution in [0.1, 0.15) is 37.3 Å². The van der Waals surface area contributed by atoms with Crippen LogP contribution in [0.3, 0.4) is 0 Å². The molecule has 0 atom stereocenters. The molecule has 31 heavy (non-hydrogen) atoms. The molecule has 0 radical (unpaired) electrons. The number of aryl methyl sites for hydroxylation is 2. The maximum Gasteiger partial charge on any atom is 0.134 e. The molecule has 0 fully saturated rings. The summed E-state index contributed by atoms with van der Waals surface area (Å²) >= 11 is 0. The van der Waals surface area contributed by atoms with Crippen LogP contribution in [0.4, 0.5) is 5.82 Å². The number of aromatic nitrogens is 2. The van der Waals surface area contributed by atoms with Gasteiger partial charge in [-0.05, 0) is 87.6 Å². The van der Waals surface area contributed by atoms with Crippen molar-refractivity contribution in [3.8, 4) is 5.75 Å². The van der Waals surface area contributed by atoms with Gasteiger partial charge in [0.15, 0.2) is 0 Å². The number of anilines is 1. The Labute approximate surface area is 184 Å².